The maximum atomic E-state index is 12.8. The molecular weight excluding hydrogens is 550 g/mol. The standard InChI is InChI=1S/C28H35N13O2/c29-15-7-16(30)12-40(11-15)27-37-26(38-28(39-27)41-13-17(31)8-18(32)14-41)34-19-5-6-22(24(42)9-19)36-25(43)23-10-33-20-3-1-2-4-21(20)35-23/h1-6,9-10,15-18,42H,7-8,11-14,29-32H2,(H,36,43)(H,34,37,38,39). The molecule has 2 saturated heterocycles. The zero-order chi connectivity index (χ0) is 30.1. The number of carbonyl (C=O) groups excluding carboxylic acids is 1. The van der Waals surface area contributed by atoms with Crippen molar-refractivity contribution in [2.45, 2.75) is 37.0 Å². The van der Waals surface area contributed by atoms with E-state index in [-0.39, 0.29) is 47.2 Å². The first-order chi connectivity index (χ1) is 20.7. The normalized spacial score (nSPS) is 22.4. The van der Waals surface area contributed by atoms with E-state index in [0.29, 0.717) is 67.6 Å². The van der Waals surface area contributed by atoms with Crippen LogP contribution in [0.15, 0.2) is 48.7 Å². The third kappa shape index (κ3) is 6.54. The molecule has 4 aromatic rings. The molecule has 4 heterocycles. The number of anilines is 5. The fourth-order valence-electron chi connectivity index (χ4n) is 5.47. The lowest BCUT2D eigenvalue weighted by atomic mass is 10.0. The van der Waals surface area contributed by atoms with Gasteiger partial charge in [0, 0.05) is 62.1 Å². The number of phenols is 1. The van der Waals surface area contributed by atoms with Gasteiger partial charge in [0.1, 0.15) is 11.4 Å². The number of hydrogen-bond acceptors (Lipinski definition) is 14. The summed E-state index contributed by atoms with van der Waals surface area (Å²) >= 11 is 0. The first-order valence-electron chi connectivity index (χ1n) is 14.1. The largest absolute Gasteiger partial charge is 0.506 e. The Morgan fingerprint density at radius 3 is 1.95 bits per heavy atom. The van der Waals surface area contributed by atoms with Crippen LogP contribution in [-0.2, 0) is 0 Å². The molecule has 4 atom stereocenters. The number of aromatic hydroxyl groups is 1. The summed E-state index contributed by atoms with van der Waals surface area (Å²) in [6.07, 6.45) is 2.82. The van der Waals surface area contributed by atoms with Gasteiger partial charge in [0.05, 0.1) is 22.9 Å². The summed E-state index contributed by atoms with van der Waals surface area (Å²) in [5, 5.41) is 16.6. The Labute approximate surface area is 247 Å². The monoisotopic (exact) mass is 585 g/mol. The first-order valence-corrected chi connectivity index (χ1v) is 14.1. The second-order valence-electron chi connectivity index (χ2n) is 11.1. The Bertz CT molecular complexity index is 1570. The van der Waals surface area contributed by atoms with Gasteiger partial charge in [0.25, 0.3) is 5.91 Å². The average Bonchev–Trinajstić information content (AvgIpc) is 2.97. The summed E-state index contributed by atoms with van der Waals surface area (Å²) in [5.41, 5.74) is 27.1. The Balaban J connectivity index is 1.24. The molecule has 2 aliphatic heterocycles. The minimum Gasteiger partial charge on any atom is -0.506 e. The van der Waals surface area contributed by atoms with E-state index in [0.717, 1.165) is 0 Å². The summed E-state index contributed by atoms with van der Waals surface area (Å²) in [4.78, 5) is 39.4. The van der Waals surface area contributed by atoms with Gasteiger partial charge in [-0.15, -0.1) is 0 Å². The van der Waals surface area contributed by atoms with Gasteiger partial charge in [-0.05, 0) is 37.1 Å². The number of para-hydroxylation sites is 2. The van der Waals surface area contributed by atoms with E-state index in [1.54, 1.807) is 18.2 Å². The number of hydrogen-bond donors (Lipinski definition) is 7. The fraction of sp³-hybridized carbons (Fsp3) is 0.357. The molecular formula is C28H35N13O2. The van der Waals surface area contributed by atoms with Crippen molar-refractivity contribution in [3.63, 3.8) is 0 Å². The zero-order valence-electron chi connectivity index (χ0n) is 23.5. The van der Waals surface area contributed by atoms with Crippen molar-refractivity contribution in [1.29, 1.82) is 0 Å². The Hall–Kier alpha value is -4.70. The molecule has 15 heteroatoms. The number of amides is 1. The Kier molecular flexibility index (Phi) is 7.86. The van der Waals surface area contributed by atoms with Gasteiger partial charge in [0.15, 0.2) is 0 Å². The van der Waals surface area contributed by atoms with E-state index in [1.807, 2.05) is 28.0 Å². The summed E-state index contributed by atoms with van der Waals surface area (Å²) in [5.74, 6) is 0.438. The molecule has 2 fully saturated rings. The molecule has 224 valence electrons. The van der Waals surface area contributed by atoms with Crippen molar-refractivity contribution in [3.8, 4) is 5.75 Å². The number of nitrogens with one attached hydrogen (secondary N) is 2. The summed E-state index contributed by atoms with van der Waals surface area (Å²) < 4.78 is 0. The SMILES string of the molecule is NC1CC(N)CN(c2nc(Nc3ccc(NC(=O)c4cnc5ccccc5n4)c(O)c3)nc(N3CC(N)CC(N)C3)n2)C1. The van der Waals surface area contributed by atoms with Crippen molar-refractivity contribution in [3.05, 3.63) is 54.4 Å². The molecule has 15 nitrogen and oxygen atoms in total. The van der Waals surface area contributed by atoms with Crippen molar-refractivity contribution >= 4 is 46.2 Å². The van der Waals surface area contributed by atoms with Gasteiger partial charge in [-0.2, -0.15) is 15.0 Å². The molecule has 43 heavy (non-hydrogen) atoms. The highest BCUT2D eigenvalue weighted by molar-refractivity contribution is 6.04. The van der Waals surface area contributed by atoms with Crippen LogP contribution in [0.4, 0.5) is 29.2 Å². The van der Waals surface area contributed by atoms with Crippen LogP contribution in [0.3, 0.4) is 0 Å². The number of rotatable bonds is 6. The number of nitrogens with zero attached hydrogens (tertiary/aromatic N) is 7. The van der Waals surface area contributed by atoms with Crippen molar-refractivity contribution in [2.24, 2.45) is 22.9 Å². The number of aromatic nitrogens is 5. The highest BCUT2D eigenvalue weighted by atomic mass is 16.3. The lowest BCUT2D eigenvalue weighted by Crippen LogP contribution is -2.54. The molecule has 0 radical (unpaired) electrons. The summed E-state index contributed by atoms with van der Waals surface area (Å²) in [6.45, 7) is 2.19. The third-order valence-electron chi connectivity index (χ3n) is 7.39. The number of nitrogens with two attached hydrogens (primary N) is 4. The lowest BCUT2D eigenvalue weighted by molar-refractivity contribution is 0.102. The van der Waals surface area contributed by atoms with E-state index >= 15 is 0 Å². The van der Waals surface area contributed by atoms with E-state index < -0.39 is 5.91 Å². The number of benzene rings is 2. The molecule has 0 saturated carbocycles. The number of fused-ring (bicyclic) bond motifs is 1. The molecule has 2 aromatic carbocycles. The third-order valence-corrected chi connectivity index (χ3v) is 7.39. The van der Waals surface area contributed by atoms with Crippen LogP contribution in [0.2, 0.25) is 0 Å². The van der Waals surface area contributed by atoms with E-state index in [9.17, 15) is 9.90 Å². The topological polar surface area (TPSA) is 236 Å². The van der Waals surface area contributed by atoms with Crippen molar-refractivity contribution < 1.29 is 9.90 Å². The van der Waals surface area contributed by atoms with Crippen molar-refractivity contribution in [1.82, 2.24) is 24.9 Å². The molecule has 0 bridgehead atoms. The van der Waals surface area contributed by atoms with Gasteiger partial charge in [0.2, 0.25) is 17.8 Å². The van der Waals surface area contributed by atoms with E-state index in [2.05, 4.69) is 30.6 Å². The molecule has 11 N–H and O–H groups in total. The highest BCUT2D eigenvalue weighted by Gasteiger charge is 2.29. The van der Waals surface area contributed by atoms with Crippen LogP contribution in [0.25, 0.3) is 11.0 Å². The van der Waals surface area contributed by atoms with Crippen LogP contribution >= 0.6 is 0 Å². The van der Waals surface area contributed by atoms with Gasteiger partial charge in [-0.1, -0.05) is 12.1 Å². The van der Waals surface area contributed by atoms with E-state index in [4.69, 9.17) is 27.9 Å². The van der Waals surface area contributed by atoms with Gasteiger partial charge in [-0.3, -0.25) is 9.78 Å². The first kappa shape index (κ1) is 28.4. The van der Waals surface area contributed by atoms with Gasteiger partial charge < -0.3 is 48.5 Å². The Morgan fingerprint density at radius 2 is 1.37 bits per heavy atom. The van der Waals surface area contributed by atoms with Crippen LogP contribution in [0, 0.1) is 0 Å². The zero-order valence-corrected chi connectivity index (χ0v) is 23.5. The number of piperidine rings is 2. The van der Waals surface area contributed by atoms with Crippen LogP contribution < -0.4 is 43.4 Å². The molecule has 2 aromatic heterocycles. The van der Waals surface area contributed by atoms with Gasteiger partial charge >= 0.3 is 0 Å². The minimum atomic E-state index is -0.503. The predicted octanol–water partition coefficient (Wildman–Crippen LogP) is 0.246. The number of phenolic OH excluding ortho intramolecular Hbond substituents is 1. The summed E-state index contributed by atoms with van der Waals surface area (Å²) in [7, 11) is 0. The highest BCUT2D eigenvalue weighted by Crippen LogP contribution is 2.30. The van der Waals surface area contributed by atoms with Crippen molar-refractivity contribution in [2.75, 3.05) is 46.6 Å². The molecule has 1 amide bonds. The summed E-state index contributed by atoms with van der Waals surface area (Å²) in [6, 6.07) is 11.5. The molecule has 6 rings (SSSR count). The second-order valence-corrected chi connectivity index (χ2v) is 11.1. The average molecular weight is 586 g/mol. The smallest absolute Gasteiger partial charge is 0.275 e. The van der Waals surface area contributed by atoms with Crippen LogP contribution in [0.5, 0.6) is 5.75 Å². The quantitative estimate of drug-likeness (QED) is 0.150. The van der Waals surface area contributed by atoms with Gasteiger partial charge in [-0.25, -0.2) is 4.98 Å². The second kappa shape index (κ2) is 11.9. The van der Waals surface area contributed by atoms with E-state index in [1.165, 1.54) is 12.3 Å². The molecule has 0 spiro atoms. The number of carbonyl (C=O) groups is 1. The molecule has 0 aliphatic carbocycles. The fourth-order valence-corrected chi connectivity index (χ4v) is 5.47. The molecule has 2 aliphatic rings. The maximum absolute atomic E-state index is 12.8. The molecule has 4 unspecified atom stereocenters. The Morgan fingerprint density at radius 1 is 0.791 bits per heavy atom. The predicted molar refractivity (Wildman–Crippen MR) is 164 cm³/mol. The van der Waals surface area contributed by atoms with Crippen LogP contribution in [-0.4, -0.2) is 86.3 Å². The maximum Gasteiger partial charge on any atom is 0.275 e. The van der Waals surface area contributed by atoms with Crippen LogP contribution in [0.1, 0.15) is 23.3 Å². The minimum absolute atomic E-state index is 0.113. The lowest BCUT2D eigenvalue weighted by Gasteiger charge is -2.37.